The number of fused-ring (bicyclic) bond motifs is 4. The lowest BCUT2D eigenvalue weighted by atomic mass is 9.95. The van der Waals surface area contributed by atoms with Gasteiger partial charge in [-0.25, -0.2) is 4.98 Å². The highest BCUT2D eigenvalue weighted by atomic mass is 16.5. The number of imidazole rings is 1. The third-order valence-corrected chi connectivity index (χ3v) is 11.3. The molecule has 3 aromatic heterocycles. The smallest absolute Gasteiger partial charge is 0.269 e. The number of aromatic nitrogens is 4. The molecule has 0 bridgehead atoms. The number of para-hydroxylation sites is 2. The van der Waals surface area contributed by atoms with E-state index in [1.54, 1.807) is 22.8 Å². The molecule has 0 fully saturated rings. The van der Waals surface area contributed by atoms with Gasteiger partial charge in [0, 0.05) is 23.0 Å². The van der Waals surface area contributed by atoms with Crippen LogP contribution >= 0.6 is 0 Å². The molecule has 0 saturated carbocycles. The molecule has 0 aliphatic carbocycles. The lowest BCUT2D eigenvalue weighted by Gasteiger charge is -2.17. The van der Waals surface area contributed by atoms with E-state index in [-0.39, 0.29) is 27.9 Å². The Morgan fingerprint density at radius 1 is 0.597 bits per heavy atom. The van der Waals surface area contributed by atoms with Gasteiger partial charge in [0.2, 0.25) is 0 Å². The van der Waals surface area contributed by atoms with Crippen molar-refractivity contribution in [3.05, 3.63) is 224 Å². The fraction of sp³-hybridized carbons (Fsp3) is 0.0526. The number of aryl methyl sites for hydroxylation is 2. The van der Waals surface area contributed by atoms with Crippen molar-refractivity contribution in [2.45, 2.75) is 20.3 Å². The normalized spacial score (nSPS) is 13.7. The number of pyridine rings is 1. The zero-order valence-electron chi connectivity index (χ0n) is 43.8. The van der Waals surface area contributed by atoms with Crippen LogP contribution in [-0.4, -0.2) is 14.1 Å². The van der Waals surface area contributed by atoms with Crippen LogP contribution in [0.4, 0.5) is 0 Å². The second-order valence-electron chi connectivity index (χ2n) is 15.0. The number of benzene rings is 8. The SMILES string of the molecule is [2H]c1c([2H])c([2H])c(-c2cccc(-c3c([2H])c([2H])c([2H])c([2H])c3[2H])c2-[n+]2[c-]n(-c3cccc(Oc4ccc5c6cc(-c7ccccc7)ccc6n(-c6cc(CC)ccn6)c5c4)c3)c3cccc(C)c32)c([2H])c1[2H]. The first kappa shape index (κ1) is 27.7. The molecule has 62 heavy (non-hydrogen) atoms. The molecule has 0 amide bonds. The highest BCUT2D eigenvalue weighted by molar-refractivity contribution is 6.10. The van der Waals surface area contributed by atoms with E-state index >= 15 is 0 Å². The Labute approximate surface area is 375 Å². The van der Waals surface area contributed by atoms with Gasteiger partial charge in [-0.3, -0.25) is 13.7 Å². The summed E-state index contributed by atoms with van der Waals surface area (Å²) in [5.41, 5.74) is 8.24. The zero-order chi connectivity index (χ0) is 50.3. The Morgan fingerprint density at radius 3 is 2.08 bits per heavy atom. The van der Waals surface area contributed by atoms with E-state index in [1.807, 2.05) is 96.6 Å². The van der Waals surface area contributed by atoms with Gasteiger partial charge < -0.3 is 4.74 Å². The van der Waals surface area contributed by atoms with E-state index in [0.717, 1.165) is 56.3 Å². The van der Waals surface area contributed by atoms with Crippen molar-refractivity contribution in [1.82, 2.24) is 14.1 Å². The summed E-state index contributed by atoms with van der Waals surface area (Å²) in [6.07, 6.45) is 6.18. The summed E-state index contributed by atoms with van der Waals surface area (Å²) in [5, 5.41) is 2.11. The summed E-state index contributed by atoms with van der Waals surface area (Å²) in [6, 6.07) is 39.8. The van der Waals surface area contributed by atoms with Gasteiger partial charge in [-0.15, -0.1) is 0 Å². The van der Waals surface area contributed by atoms with Crippen molar-refractivity contribution < 1.29 is 23.0 Å². The summed E-state index contributed by atoms with van der Waals surface area (Å²) in [5.74, 6) is 1.89. The van der Waals surface area contributed by atoms with Gasteiger partial charge in [0.1, 0.15) is 17.3 Å². The predicted octanol–water partition coefficient (Wildman–Crippen LogP) is 13.9. The third kappa shape index (κ3) is 6.52. The molecule has 5 nitrogen and oxygen atoms in total. The van der Waals surface area contributed by atoms with E-state index in [4.69, 9.17) is 23.4 Å². The van der Waals surface area contributed by atoms with Crippen molar-refractivity contribution in [2.75, 3.05) is 0 Å². The first-order valence-electron chi connectivity index (χ1n) is 25.4. The quantitative estimate of drug-likeness (QED) is 0.108. The molecule has 0 atom stereocenters. The number of rotatable bonds is 9. The van der Waals surface area contributed by atoms with Crippen LogP contribution in [0.15, 0.2) is 206 Å². The number of hydrogen-bond acceptors (Lipinski definition) is 2. The van der Waals surface area contributed by atoms with Crippen LogP contribution in [0.1, 0.15) is 31.8 Å². The largest absolute Gasteiger partial charge is 0.458 e. The van der Waals surface area contributed by atoms with E-state index in [0.29, 0.717) is 28.2 Å². The molecule has 296 valence electrons. The minimum Gasteiger partial charge on any atom is -0.458 e. The molecular weight excluding hydrogens is 757 g/mol. The number of nitrogens with zero attached hydrogens (tertiary/aromatic N) is 4. The Hall–Kier alpha value is -8.02. The molecule has 0 unspecified atom stereocenters. The van der Waals surface area contributed by atoms with E-state index in [1.165, 1.54) is 0 Å². The van der Waals surface area contributed by atoms with Crippen molar-refractivity contribution in [3.8, 4) is 62.1 Å². The monoisotopic (exact) mass is 808 g/mol. The van der Waals surface area contributed by atoms with Gasteiger partial charge in [0.25, 0.3) is 6.33 Å². The summed E-state index contributed by atoms with van der Waals surface area (Å²) >= 11 is 0. The zero-order valence-corrected chi connectivity index (χ0v) is 33.8. The van der Waals surface area contributed by atoms with Gasteiger partial charge in [0.15, 0.2) is 0 Å². The molecule has 5 heteroatoms. The van der Waals surface area contributed by atoms with Crippen LogP contribution < -0.4 is 9.30 Å². The van der Waals surface area contributed by atoms with Crippen molar-refractivity contribution >= 4 is 32.8 Å². The molecule has 0 aliphatic heterocycles. The first-order chi connectivity index (χ1) is 34.7. The molecule has 0 radical (unpaired) electrons. The summed E-state index contributed by atoms with van der Waals surface area (Å²) in [4.78, 5) is 4.84. The average molecular weight is 809 g/mol. The molecule has 0 saturated heterocycles. The molecular formula is C57H42N4O. The van der Waals surface area contributed by atoms with Crippen molar-refractivity contribution in [2.24, 2.45) is 0 Å². The average Bonchev–Trinajstić information content (AvgIpc) is 3.95. The van der Waals surface area contributed by atoms with Crippen LogP contribution in [0.3, 0.4) is 0 Å². The maximum Gasteiger partial charge on any atom is 0.269 e. The van der Waals surface area contributed by atoms with Gasteiger partial charge in [0.05, 0.1) is 47.1 Å². The third-order valence-electron chi connectivity index (χ3n) is 11.3. The Bertz CT molecular complexity index is 3890. The molecule has 11 rings (SSSR count). The lowest BCUT2D eigenvalue weighted by molar-refractivity contribution is -0.571. The fourth-order valence-corrected chi connectivity index (χ4v) is 8.38. The van der Waals surface area contributed by atoms with Crippen LogP contribution in [0.5, 0.6) is 11.5 Å². The second kappa shape index (κ2) is 15.5. The van der Waals surface area contributed by atoms with Crippen molar-refractivity contribution in [1.29, 1.82) is 0 Å². The van der Waals surface area contributed by atoms with Crippen molar-refractivity contribution in [3.63, 3.8) is 0 Å². The Kier molecular flexibility index (Phi) is 6.94. The summed E-state index contributed by atoms with van der Waals surface area (Å²) in [7, 11) is 0. The number of hydrogen-bond donors (Lipinski definition) is 0. The van der Waals surface area contributed by atoms with Gasteiger partial charge >= 0.3 is 0 Å². The van der Waals surface area contributed by atoms with Crippen LogP contribution in [0.2, 0.25) is 0 Å². The van der Waals surface area contributed by atoms with E-state index in [9.17, 15) is 0 Å². The second-order valence-corrected chi connectivity index (χ2v) is 15.0. The van der Waals surface area contributed by atoms with E-state index < -0.39 is 60.4 Å². The Balaban J connectivity index is 1.09. The fourth-order valence-electron chi connectivity index (χ4n) is 8.38. The molecule has 0 spiro atoms. The minimum atomic E-state index is -0.565. The van der Waals surface area contributed by atoms with Gasteiger partial charge in [-0.1, -0.05) is 146 Å². The standard InChI is InChI=1S/C57H42N4O/c1-3-40-32-33-58-55(34-40)61-52-31-28-44(41-17-7-4-8-18-41)35-51(52)50-30-29-47(37-54(50)61)62-46-24-14-23-45(36-46)59-38-60(56-39(2)16-13-27-53(56)59)57-48(42-19-9-5-10-20-42)25-15-26-49(57)43-21-11-6-12-22-43/h4-37H,3H2,1-2H3/i5D,6D,9D,10D,11D,12D,19D,20D,21D,22D. The summed E-state index contributed by atoms with van der Waals surface area (Å²) in [6.45, 7) is 4.03. The molecule has 11 aromatic rings. The van der Waals surface area contributed by atoms with Crippen LogP contribution in [0.25, 0.3) is 83.4 Å². The molecule has 0 N–H and O–H groups in total. The van der Waals surface area contributed by atoms with Gasteiger partial charge in [-0.2, -0.15) is 0 Å². The highest BCUT2D eigenvalue weighted by Crippen LogP contribution is 2.39. The predicted molar refractivity (Wildman–Crippen MR) is 253 cm³/mol. The molecule has 8 aromatic carbocycles. The topological polar surface area (TPSA) is 35.9 Å². The maximum atomic E-state index is 9.06. The molecule has 3 heterocycles. The Morgan fingerprint density at radius 2 is 1.32 bits per heavy atom. The van der Waals surface area contributed by atoms with E-state index in [2.05, 4.69) is 60.3 Å². The summed E-state index contributed by atoms with van der Waals surface area (Å²) < 4.78 is 99.8. The van der Waals surface area contributed by atoms with Crippen LogP contribution in [-0.2, 0) is 6.42 Å². The minimum absolute atomic E-state index is 0.127. The maximum absolute atomic E-state index is 9.06. The van der Waals surface area contributed by atoms with Crippen LogP contribution in [0, 0.1) is 13.3 Å². The highest BCUT2D eigenvalue weighted by Gasteiger charge is 2.21. The lowest BCUT2D eigenvalue weighted by Crippen LogP contribution is -2.32. The number of ether oxygens (including phenoxy) is 1. The van der Waals surface area contributed by atoms with Gasteiger partial charge in [-0.05, 0) is 112 Å². The first-order valence-corrected chi connectivity index (χ1v) is 20.4. The molecule has 0 aliphatic rings.